The van der Waals surface area contributed by atoms with E-state index in [1.54, 1.807) is 11.3 Å². The van der Waals surface area contributed by atoms with E-state index in [0.717, 1.165) is 5.57 Å². The van der Waals surface area contributed by atoms with E-state index in [0.29, 0.717) is 19.0 Å². The molecule has 1 aromatic rings. The molecule has 1 aromatic heterocycles. The molecule has 0 atom stereocenters. The Balaban J connectivity index is 2.40. The number of aliphatic imine (C=N–C) groups is 1. The largest absolute Gasteiger partial charge is 0.370 e. The lowest BCUT2D eigenvalue weighted by molar-refractivity contribution is 0.945. The van der Waals surface area contributed by atoms with Crippen molar-refractivity contribution in [3.8, 4) is 0 Å². The van der Waals surface area contributed by atoms with Crippen molar-refractivity contribution in [3.05, 3.63) is 34.0 Å². The molecule has 0 aliphatic heterocycles. The molecule has 0 fully saturated rings. The number of hydrogen-bond acceptors (Lipinski definition) is 2. The van der Waals surface area contributed by atoms with Gasteiger partial charge in [0.05, 0.1) is 6.54 Å². The van der Waals surface area contributed by atoms with Crippen LogP contribution in [0.5, 0.6) is 0 Å². The van der Waals surface area contributed by atoms with Crippen molar-refractivity contribution >= 4 is 17.3 Å². The third-order valence-electron chi connectivity index (χ3n) is 1.76. The Morgan fingerprint density at radius 3 is 2.93 bits per heavy atom. The average Bonchev–Trinajstić information content (AvgIpc) is 2.58. The first kappa shape index (κ1) is 11.8. The highest BCUT2D eigenvalue weighted by Gasteiger charge is 1.96. The summed E-state index contributed by atoms with van der Waals surface area (Å²) < 4.78 is 0. The molecule has 0 bridgehead atoms. The van der Waals surface area contributed by atoms with Crippen molar-refractivity contribution in [3.63, 3.8) is 0 Å². The van der Waals surface area contributed by atoms with Gasteiger partial charge < -0.3 is 11.1 Å². The van der Waals surface area contributed by atoms with Gasteiger partial charge in [-0.15, -0.1) is 11.3 Å². The Kier molecular flexibility index (Phi) is 4.37. The van der Waals surface area contributed by atoms with Crippen LogP contribution in [-0.2, 0) is 6.54 Å². The monoisotopic (exact) mass is 223 g/mol. The molecule has 82 valence electrons. The molecule has 0 saturated carbocycles. The summed E-state index contributed by atoms with van der Waals surface area (Å²) in [6, 6.07) is 2.13. The van der Waals surface area contributed by atoms with Gasteiger partial charge in [-0.1, -0.05) is 12.2 Å². The van der Waals surface area contributed by atoms with E-state index < -0.39 is 0 Å². The van der Waals surface area contributed by atoms with E-state index in [-0.39, 0.29) is 0 Å². The highest BCUT2D eigenvalue weighted by molar-refractivity contribution is 7.10. The maximum Gasteiger partial charge on any atom is 0.189 e. The molecule has 0 saturated heterocycles. The van der Waals surface area contributed by atoms with Gasteiger partial charge in [0.15, 0.2) is 5.96 Å². The van der Waals surface area contributed by atoms with Crippen LogP contribution in [0, 0.1) is 6.92 Å². The first-order valence-electron chi connectivity index (χ1n) is 4.80. The van der Waals surface area contributed by atoms with Crippen LogP contribution in [0.15, 0.2) is 28.6 Å². The quantitative estimate of drug-likeness (QED) is 0.466. The fourth-order valence-electron chi connectivity index (χ4n) is 1.03. The molecule has 3 nitrogen and oxygen atoms in total. The van der Waals surface area contributed by atoms with Crippen LogP contribution in [-0.4, -0.2) is 12.5 Å². The van der Waals surface area contributed by atoms with E-state index in [1.807, 2.05) is 6.92 Å². The summed E-state index contributed by atoms with van der Waals surface area (Å²) in [5.41, 5.74) is 8.00. The second-order valence-corrected chi connectivity index (χ2v) is 4.60. The van der Waals surface area contributed by atoms with Crippen LogP contribution in [0.2, 0.25) is 0 Å². The molecule has 1 heterocycles. The summed E-state index contributed by atoms with van der Waals surface area (Å²) >= 11 is 1.71. The van der Waals surface area contributed by atoms with E-state index in [1.165, 1.54) is 10.4 Å². The standard InChI is InChI=1S/C11H17N3S/c1-8(2)5-13-11(12)14-6-10-4-9(3)7-15-10/h4,7H,1,5-6H2,2-3H3,(H3,12,13,14). The van der Waals surface area contributed by atoms with Crippen LogP contribution < -0.4 is 11.1 Å². The SMILES string of the molecule is C=C(C)CNC(N)=NCc1cc(C)cs1. The fourth-order valence-corrected chi connectivity index (χ4v) is 1.83. The minimum Gasteiger partial charge on any atom is -0.370 e. The Morgan fingerprint density at radius 2 is 2.40 bits per heavy atom. The van der Waals surface area contributed by atoms with Gasteiger partial charge in [-0.25, -0.2) is 4.99 Å². The van der Waals surface area contributed by atoms with E-state index in [2.05, 4.69) is 35.3 Å². The third-order valence-corrected chi connectivity index (χ3v) is 2.80. The number of guanidine groups is 1. The molecule has 0 aromatic carbocycles. The van der Waals surface area contributed by atoms with E-state index >= 15 is 0 Å². The Labute approximate surface area is 94.7 Å². The number of thiophene rings is 1. The zero-order chi connectivity index (χ0) is 11.3. The van der Waals surface area contributed by atoms with Crippen LogP contribution >= 0.6 is 11.3 Å². The normalized spacial score (nSPS) is 11.5. The number of nitrogens with two attached hydrogens (primary N) is 1. The van der Waals surface area contributed by atoms with Gasteiger partial charge in [0.25, 0.3) is 0 Å². The topological polar surface area (TPSA) is 50.4 Å². The molecular weight excluding hydrogens is 206 g/mol. The summed E-state index contributed by atoms with van der Waals surface area (Å²) in [6.07, 6.45) is 0. The van der Waals surface area contributed by atoms with Crippen molar-refractivity contribution in [2.45, 2.75) is 20.4 Å². The van der Waals surface area contributed by atoms with Gasteiger partial charge in [-0.3, -0.25) is 0 Å². The van der Waals surface area contributed by atoms with Crippen LogP contribution in [0.4, 0.5) is 0 Å². The molecule has 4 heteroatoms. The lowest BCUT2D eigenvalue weighted by atomic mass is 10.3. The number of aryl methyl sites for hydroxylation is 1. The third kappa shape index (κ3) is 4.65. The number of hydrogen-bond donors (Lipinski definition) is 2. The molecule has 0 aliphatic rings. The predicted octanol–water partition coefficient (Wildman–Crippen LogP) is 2.04. The molecule has 0 aliphatic carbocycles. The van der Waals surface area contributed by atoms with Gasteiger partial charge in [0.2, 0.25) is 0 Å². The summed E-state index contributed by atoms with van der Waals surface area (Å²) in [6.45, 7) is 9.13. The van der Waals surface area contributed by atoms with E-state index in [4.69, 9.17) is 5.73 Å². The summed E-state index contributed by atoms with van der Waals surface area (Å²) in [5.74, 6) is 0.476. The molecule has 0 amide bonds. The van der Waals surface area contributed by atoms with Gasteiger partial charge in [-0.2, -0.15) is 0 Å². The van der Waals surface area contributed by atoms with Gasteiger partial charge in [0.1, 0.15) is 0 Å². The molecule has 0 radical (unpaired) electrons. The van der Waals surface area contributed by atoms with Crippen LogP contribution in [0.3, 0.4) is 0 Å². The number of nitrogens with zero attached hydrogens (tertiary/aromatic N) is 1. The molecule has 0 spiro atoms. The lowest BCUT2D eigenvalue weighted by Crippen LogP contribution is -2.32. The molecule has 15 heavy (non-hydrogen) atoms. The number of nitrogens with one attached hydrogen (secondary N) is 1. The predicted molar refractivity (Wildman–Crippen MR) is 67.2 cm³/mol. The minimum absolute atomic E-state index is 0.476. The van der Waals surface area contributed by atoms with Gasteiger partial charge in [-0.05, 0) is 30.9 Å². The zero-order valence-electron chi connectivity index (χ0n) is 9.21. The molecule has 1 rings (SSSR count). The summed E-state index contributed by atoms with van der Waals surface area (Å²) in [4.78, 5) is 5.46. The van der Waals surface area contributed by atoms with E-state index in [9.17, 15) is 0 Å². The highest BCUT2D eigenvalue weighted by atomic mass is 32.1. The zero-order valence-corrected chi connectivity index (χ0v) is 10.0. The van der Waals surface area contributed by atoms with Crippen molar-refractivity contribution in [1.29, 1.82) is 0 Å². The van der Waals surface area contributed by atoms with Crippen molar-refractivity contribution in [2.24, 2.45) is 10.7 Å². The summed E-state index contributed by atoms with van der Waals surface area (Å²) in [7, 11) is 0. The fraction of sp³-hybridized carbons (Fsp3) is 0.364. The van der Waals surface area contributed by atoms with Gasteiger partial charge in [0, 0.05) is 11.4 Å². The first-order valence-corrected chi connectivity index (χ1v) is 5.68. The summed E-state index contributed by atoms with van der Waals surface area (Å²) in [5, 5.41) is 5.11. The van der Waals surface area contributed by atoms with Crippen LogP contribution in [0.1, 0.15) is 17.4 Å². The number of rotatable bonds is 4. The average molecular weight is 223 g/mol. The second kappa shape index (κ2) is 5.56. The first-order chi connectivity index (χ1) is 7.08. The van der Waals surface area contributed by atoms with Crippen molar-refractivity contribution < 1.29 is 0 Å². The van der Waals surface area contributed by atoms with Crippen molar-refractivity contribution in [2.75, 3.05) is 6.54 Å². The maximum absolute atomic E-state index is 5.68. The highest BCUT2D eigenvalue weighted by Crippen LogP contribution is 2.14. The molecule has 0 unspecified atom stereocenters. The Hall–Kier alpha value is -1.29. The van der Waals surface area contributed by atoms with Gasteiger partial charge >= 0.3 is 0 Å². The van der Waals surface area contributed by atoms with Crippen LogP contribution in [0.25, 0.3) is 0 Å². The maximum atomic E-state index is 5.68. The minimum atomic E-state index is 0.476. The Bertz CT molecular complexity index is 366. The Morgan fingerprint density at radius 1 is 1.67 bits per heavy atom. The molecule has 3 N–H and O–H groups in total. The lowest BCUT2D eigenvalue weighted by Gasteiger charge is -2.03. The van der Waals surface area contributed by atoms with Crippen molar-refractivity contribution in [1.82, 2.24) is 5.32 Å². The second-order valence-electron chi connectivity index (χ2n) is 3.60. The smallest absolute Gasteiger partial charge is 0.189 e. The molecular formula is C11H17N3S.